The van der Waals surface area contributed by atoms with Crippen LogP contribution in [0.3, 0.4) is 0 Å². The zero-order valence-electron chi connectivity index (χ0n) is 11.3. The third-order valence-electron chi connectivity index (χ3n) is 2.61. The Morgan fingerprint density at radius 2 is 1.86 bits per heavy atom. The molecule has 0 spiro atoms. The second-order valence-electron chi connectivity index (χ2n) is 4.19. The SMILES string of the molecule is CC(OC(=O)c1nccnc1N)C(=O)Nc1ccccc1. The summed E-state index contributed by atoms with van der Waals surface area (Å²) in [7, 11) is 0. The minimum absolute atomic E-state index is 0.0434. The van der Waals surface area contributed by atoms with Crippen LogP contribution in [0.25, 0.3) is 0 Å². The fourth-order valence-corrected chi connectivity index (χ4v) is 1.54. The number of ether oxygens (including phenoxy) is 1. The van der Waals surface area contributed by atoms with Gasteiger partial charge < -0.3 is 15.8 Å². The maximum absolute atomic E-state index is 11.9. The van der Waals surface area contributed by atoms with Gasteiger partial charge in [-0.1, -0.05) is 18.2 Å². The van der Waals surface area contributed by atoms with Gasteiger partial charge in [0.25, 0.3) is 5.91 Å². The zero-order valence-corrected chi connectivity index (χ0v) is 11.3. The molecule has 3 N–H and O–H groups in total. The number of carbonyl (C=O) groups is 2. The summed E-state index contributed by atoms with van der Waals surface area (Å²) in [4.78, 5) is 31.3. The van der Waals surface area contributed by atoms with E-state index < -0.39 is 18.0 Å². The minimum atomic E-state index is -0.987. The summed E-state index contributed by atoms with van der Waals surface area (Å²) in [6.45, 7) is 1.46. The first-order valence-corrected chi connectivity index (χ1v) is 6.21. The van der Waals surface area contributed by atoms with Crippen molar-refractivity contribution >= 4 is 23.4 Å². The third kappa shape index (κ3) is 3.75. The van der Waals surface area contributed by atoms with E-state index in [-0.39, 0.29) is 11.5 Å². The molecule has 7 nitrogen and oxygen atoms in total. The lowest BCUT2D eigenvalue weighted by atomic mass is 10.3. The molecule has 21 heavy (non-hydrogen) atoms. The van der Waals surface area contributed by atoms with Gasteiger partial charge in [-0.25, -0.2) is 14.8 Å². The molecule has 0 radical (unpaired) electrons. The van der Waals surface area contributed by atoms with Crippen molar-refractivity contribution in [3.63, 3.8) is 0 Å². The number of amides is 1. The third-order valence-corrected chi connectivity index (χ3v) is 2.61. The normalized spacial score (nSPS) is 11.5. The standard InChI is InChI=1S/C14H14N4O3/c1-9(13(19)18-10-5-3-2-4-6-10)21-14(20)11-12(15)17-8-7-16-11/h2-9H,1H3,(H2,15,17)(H,18,19). The molecular formula is C14H14N4O3. The molecular weight excluding hydrogens is 272 g/mol. The Labute approximate surface area is 121 Å². The minimum Gasteiger partial charge on any atom is -0.448 e. The van der Waals surface area contributed by atoms with Crippen LogP contribution in [-0.4, -0.2) is 27.9 Å². The summed E-state index contributed by atoms with van der Waals surface area (Å²) in [6, 6.07) is 8.86. The Morgan fingerprint density at radius 1 is 1.19 bits per heavy atom. The molecule has 2 aromatic rings. The van der Waals surface area contributed by atoms with E-state index in [0.29, 0.717) is 5.69 Å². The fraction of sp³-hybridized carbons (Fsp3) is 0.143. The number of aromatic nitrogens is 2. The molecule has 1 heterocycles. The quantitative estimate of drug-likeness (QED) is 0.819. The van der Waals surface area contributed by atoms with Crippen molar-refractivity contribution in [3.8, 4) is 0 Å². The van der Waals surface area contributed by atoms with E-state index >= 15 is 0 Å². The predicted octanol–water partition coefficient (Wildman–Crippen LogP) is 1.24. The zero-order chi connectivity index (χ0) is 15.2. The molecule has 0 aliphatic heterocycles. The first-order chi connectivity index (χ1) is 10.1. The second-order valence-corrected chi connectivity index (χ2v) is 4.19. The number of hydrogen-bond donors (Lipinski definition) is 2. The van der Waals surface area contributed by atoms with Crippen molar-refractivity contribution in [3.05, 3.63) is 48.4 Å². The molecule has 7 heteroatoms. The number of rotatable bonds is 4. The number of nitrogen functional groups attached to an aromatic ring is 1. The van der Waals surface area contributed by atoms with Crippen molar-refractivity contribution in [1.29, 1.82) is 0 Å². The summed E-state index contributed by atoms with van der Waals surface area (Å²) in [5.74, 6) is -1.29. The number of nitrogens with one attached hydrogen (secondary N) is 1. The smallest absolute Gasteiger partial charge is 0.361 e. The van der Waals surface area contributed by atoms with Crippen LogP contribution in [0.5, 0.6) is 0 Å². The van der Waals surface area contributed by atoms with E-state index in [1.54, 1.807) is 24.3 Å². The van der Waals surface area contributed by atoms with Crippen molar-refractivity contribution < 1.29 is 14.3 Å². The van der Waals surface area contributed by atoms with Crippen LogP contribution < -0.4 is 11.1 Å². The Kier molecular flexibility index (Phi) is 4.45. The van der Waals surface area contributed by atoms with Gasteiger partial charge >= 0.3 is 5.97 Å². The van der Waals surface area contributed by atoms with Gasteiger partial charge in [-0.15, -0.1) is 0 Å². The summed E-state index contributed by atoms with van der Waals surface area (Å²) < 4.78 is 5.02. The summed E-state index contributed by atoms with van der Waals surface area (Å²) >= 11 is 0. The Balaban J connectivity index is 1.98. The Bertz CT molecular complexity index is 646. The van der Waals surface area contributed by atoms with Crippen LogP contribution >= 0.6 is 0 Å². The number of para-hydroxylation sites is 1. The van der Waals surface area contributed by atoms with Crippen molar-refractivity contribution in [2.45, 2.75) is 13.0 Å². The van der Waals surface area contributed by atoms with Crippen LogP contribution in [-0.2, 0) is 9.53 Å². The lowest BCUT2D eigenvalue weighted by molar-refractivity contribution is -0.123. The van der Waals surface area contributed by atoms with E-state index in [0.717, 1.165) is 0 Å². The molecule has 0 saturated heterocycles. The van der Waals surface area contributed by atoms with Crippen molar-refractivity contribution in [2.75, 3.05) is 11.1 Å². The van der Waals surface area contributed by atoms with Crippen LogP contribution in [0, 0.1) is 0 Å². The molecule has 108 valence electrons. The fourth-order valence-electron chi connectivity index (χ4n) is 1.54. The Morgan fingerprint density at radius 3 is 2.52 bits per heavy atom. The van der Waals surface area contributed by atoms with Crippen LogP contribution in [0.15, 0.2) is 42.7 Å². The molecule has 0 saturated carbocycles. The number of hydrogen-bond acceptors (Lipinski definition) is 6. The summed E-state index contributed by atoms with van der Waals surface area (Å²) in [5, 5.41) is 2.63. The highest BCUT2D eigenvalue weighted by Gasteiger charge is 2.21. The first kappa shape index (κ1) is 14.4. The van der Waals surface area contributed by atoms with Gasteiger partial charge in [0.05, 0.1) is 0 Å². The van der Waals surface area contributed by atoms with Gasteiger partial charge in [-0.05, 0) is 19.1 Å². The second kappa shape index (κ2) is 6.47. The summed E-state index contributed by atoms with van der Waals surface area (Å²) in [5.41, 5.74) is 6.02. The van der Waals surface area contributed by atoms with E-state index in [1.807, 2.05) is 6.07 Å². The van der Waals surface area contributed by atoms with E-state index in [4.69, 9.17) is 10.5 Å². The number of esters is 1. The molecule has 0 bridgehead atoms. The van der Waals surface area contributed by atoms with E-state index in [2.05, 4.69) is 15.3 Å². The molecule has 1 unspecified atom stereocenters. The van der Waals surface area contributed by atoms with Gasteiger partial charge in [0.15, 0.2) is 17.6 Å². The van der Waals surface area contributed by atoms with Crippen LogP contribution in [0.2, 0.25) is 0 Å². The lowest BCUT2D eigenvalue weighted by Gasteiger charge is -2.13. The highest BCUT2D eigenvalue weighted by Crippen LogP contribution is 2.09. The monoisotopic (exact) mass is 286 g/mol. The lowest BCUT2D eigenvalue weighted by Crippen LogP contribution is -2.30. The van der Waals surface area contributed by atoms with Crippen molar-refractivity contribution in [2.24, 2.45) is 0 Å². The van der Waals surface area contributed by atoms with Crippen molar-refractivity contribution in [1.82, 2.24) is 9.97 Å². The van der Waals surface area contributed by atoms with Crippen LogP contribution in [0.4, 0.5) is 11.5 Å². The first-order valence-electron chi connectivity index (χ1n) is 6.21. The molecule has 1 amide bonds. The highest BCUT2D eigenvalue weighted by molar-refractivity contribution is 5.97. The average molecular weight is 286 g/mol. The predicted molar refractivity (Wildman–Crippen MR) is 76.4 cm³/mol. The highest BCUT2D eigenvalue weighted by atomic mass is 16.5. The number of benzene rings is 1. The molecule has 2 rings (SSSR count). The molecule has 0 aliphatic rings. The number of nitrogens with zero attached hydrogens (tertiary/aromatic N) is 2. The molecule has 1 aromatic heterocycles. The topological polar surface area (TPSA) is 107 Å². The molecule has 1 aromatic carbocycles. The van der Waals surface area contributed by atoms with Gasteiger partial charge in [-0.2, -0.15) is 0 Å². The Hall–Kier alpha value is -2.96. The number of nitrogens with two attached hydrogens (primary N) is 1. The van der Waals surface area contributed by atoms with Crippen LogP contribution in [0.1, 0.15) is 17.4 Å². The molecule has 1 atom stereocenters. The molecule has 0 fully saturated rings. The van der Waals surface area contributed by atoms with Gasteiger partial charge in [-0.3, -0.25) is 4.79 Å². The van der Waals surface area contributed by atoms with Gasteiger partial charge in [0.1, 0.15) is 0 Å². The van der Waals surface area contributed by atoms with E-state index in [9.17, 15) is 9.59 Å². The maximum Gasteiger partial charge on any atom is 0.361 e. The van der Waals surface area contributed by atoms with E-state index in [1.165, 1.54) is 19.3 Å². The van der Waals surface area contributed by atoms with Gasteiger partial charge in [0, 0.05) is 18.1 Å². The number of anilines is 2. The average Bonchev–Trinajstić information content (AvgIpc) is 2.48. The van der Waals surface area contributed by atoms with Gasteiger partial charge in [0.2, 0.25) is 0 Å². The summed E-state index contributed by atoms with van der Waals surface area (Å²) in [6.07, 6.45) is 1.69. The molecule has 0 aliphatic carbocycles. The maximum atomic E-state index is 11.9. The largest absolute Gasteiger partial charge is 0.448 e. The number of carbonyl (C=O) groups excluding carboxylic acids is 2.